The number of rotatable bonds is 6. The van der Waals surface area contributed by atoms with Crippen molar-refractivity contribution < 1.29 is 23.4 Å². The molecule has 4 atom stereocenters. The van der Waals surface area contributed by atoms with Crippen LogP contribution in [0.3, 0.4) is 0 Å². The van der Waals surface area contributed by atoms with Crippen molar-refractivity contribution in [1.82, 2.24) is 19.6 Å². The molecule has 40 heavy (non-hydrogen) atoms. The van der Waals surface area contributed by atoms with Gasteiger partial charge in [-0.15, -0.1) is 0 Å². The largest absolute Gasteiger partial charge is 0.490 e. The van der Waals surface area contributed by atoms with E-state index in [4.69, 9.17) is 15.2 Å². The zero-order valence-electron chi connectivity index (χ0n) is 22.1. The molecule has 6 rings (SSSR count). The minimum Gasteiger partial charge on any atom is -0.490 e. The summed E-state index contributed by atoms with van der Waals surface area (Å²) in [7, 11) is 0. The summed E-state index contributed by atoms with van der Waals surface area (Å²) in [5, 5.41) is 18.1. The number of aliphatic hydroxyl groups excluding tert-OH is 1. The molecule has 9 nitrogen and oxygen atoms in total. The number of ether oxygens (including phenoxy) is 2. The normalized spacial score (nSPS) is 23.8. The number of pyridine rings is 1. The van der Waals surface area contributed by atoms with Gasteiger partial charge in [-0.3, -0.25) is 4.98 Å². The van der Waals surface area contributed by atoms with E-state index in [1.807, 2.05) is 13.0 Å². The number of hydrogen-bond donors (Lipinski definition) is 3. The van der Waals surface area contributed by atoms with Crippen LogP contribution in [0.4, 0.5) is 20.4 Å². The third-order valence-corrected chi connectivity index (χ3v) is 7.90. The standard InChI is InChI=1S/C29H32F2N6O3/c1-16-10-17(11-24(32)28(16)38)21-4-7-33-15-26(21)35-29-34-14-18-2-3-25(36-37(18)29)27-22(30)12-20(13-23(27)31)40-19-5-8-39-9-6-19/h2-4,7,12-17,19,24,28,38H,5-6,8-11,32H2,1H3,(H,34,35)/t16-,17+,24+,28+/m0/s1. The van der Waals surface area contributed by atoms with E-state index in [1.54, 1.807) is 30.7 Å². The first-order valence-electron chi connectivity index (χ1n) is 13.6. The van der Waals surface area contributed by atoms with Gasteiger partial charge in [-0.25, -0.2) is 13.8 Å². The van der Waals surface area contributed by atoms with E-state index < -0.39 is 17.7 Å². The molecule has 3 aromatic heterocycles. The van der Waals surface area contributed by atoms with Crippen LogP contribution in [0.2, 0.25) is 0 Å². The van der Waals surface area contributed by atoms with Crippen molar-refractivity contribution in [2.75, 3.05) is 18.5 Å². The summed E-state index contributed by atoms with van der Waals surface area (Å²) >= 11 is 0. The molecule has 0 bridgehead atoms. The van der Waals surface area contributed by atoms with Crippen LogP contribution in [0.5, 0.6) is 5.75 Å². The van der Waals surface area contributed by atoms with Crippen LogP contribution in [0.1, 0.15) is 44.1 Å². The maximum Gasteiger partial charge on any atom is 0.229 e. The summed E-state index contributed by atoms with van der Waals surface area (Å²) in [4.78, 5) is 8.73. The van der Waals surface area contributed by atoms with Gasteiger partial charge in [0.25, 0.3) is 0 Å². The highest BCUT2D eigenvalue weighted by Gasteiger charge is 2.34. The average molecular weight is 551 g/mol. The summed E-state index contributed by atoms with van der Waals surface area (Å²) in [6.45, 7) is 3.13. The first kappa shape index (κ1) is 26.5. The minimum absolute atomic E-state index is 0.0597. The van der Waals surface area contributed by atoms with Gasteiger partial charge in [0.05, 0.1) is 54.2 Å². The molecule has 210 valence electrons. The number of aliphatic hydroxyl groups is 1. The number of nitrogens with two attached hydrogens (primary N) is 1. The van der Waals surface area contributed by atoms with Gasteiger partial charge in [-0.1, -0.05) is 6.92 Å². The molecule has 0 unspecified atom stereocenters. The third-order valence-electron chi connectivity index (χ3n) is 7.90. The predicted octanol–water partition coefficient (Wildman–Crippen LogP) is 4.57. The van der Waals surface area contributed by atoms with Gasteiger partial charge >= 0.3 is 0 Å². The first-order chi connectivity index (χ1) is 19.4. The number of nitrogens with zero attached hydrogens (tertiary/aromatic N) is 4. The second kappa shape index (κ2) is 11.1. The van der Waals surface area contributed by atoms with Crippen molar-refractivity contribution in [2.45, 2.75) is 56.8 Å². The molecule has 1 saturated carbocycles. The maximum absolute atomic E-state index is 15.2. The molecule has 0 spiro atoms. The number of halogens is 2. The molecular formula is C29H32F2N6O3. The van der Waals surface area contributed by atoms with Gasteiger partial charge < -0.3 is 25.6 Å². The van der Waals surface area contributed by atoms with Gasteiger partial charge in [-0.05, 0) is 48.4 Å². The van der Waals surface area contributed by atoms with E-state index in [-0.39, 0.29) is 41.0 Å². The second-order valence-electron chi connectivity index (χ2n) is 10.7. The zero-order valence-corrected chi connectivity index (χ0v) is 22.1. The molecule has 0 amide bonds. The summed E-state index contributed by atoms with van der Waals surface area (Å²) < 4.78 is 43.1. The van der Waals surface area contributed by atoms with Crippen LogP contribution in [0.15, 0.2) is 48.9 Å². The van der Waals surface area contributed by atoms with Crippen LogP contribution < -0.4 is 15.8 Å². The van der Waals surface area contributed by atoms with Crippen molar-refractivity contribution in [2.24, 2.45) is 11.7 Å². The Morgan fingerprint density at radius 1 is 1.10 bits per heavy atom. The topological polar surface area (TPSA) is 120 Å². The summed E-state index contributed by atoms with van der Waals surface area (Å²) in [5.41, 5.74) is 8.48. The number of nitrogens with one attached hydrogen (secondary N) is 1. The van der Waals surface area contributed by atoms with E-state index in [0.717, 1.165) is 17.7 Å². The Kier molecular flexibility index (Phi) is 7.35. The average Bonchev–Trinajstić information content (AvgIpc) is 3.34. The van der Waals surface area contributed by atoms with E-state index in [2.05, 4.69) is 20.4 Å². The lowest BCUT2D eigenvalue weighted by molar-refractivity contribution is 0.0253. The lowest BCUT2D eigenvalue weighted by Crippen LogP contribution is -2.44. The number of imidazole rings is 1. The smallest absolute Gasteiger partial charge is 0.229 e. The lowest BCUT2D eigenvalue weighted by Gasteiger charge is -2.36. The van der Waals surface area contributed by atoms with Crippen molar-refractivity contribution in [3.8, 4) is 17.0 Å². The Morgan fingerprint density at radius 3 is 2.62 bits per heavy atom. The molecule has 2 aliphatic rings. The van der Waals surface area contributed by atoms with Gasteiger partial charge in [0.15, 0.2) is 0 Å². The Bertz CT molecular complexity index is 1470. The lowest BCUT2D eigenvalue weighted by atomic mass is 9.74. The molecule has 4 heterocycles. The van der Waals surface area contributed by atoms with E-state index in [1.165, 1.54) is 16.6 Å². The fraction of sp³-hybridized carbons (Fsp3) is 0.414. The molecule has 1 aliphatic carbocycles. The van der Waals surface area contributed by atoms with Crippen molar-refractivity contribution in [3.63, 3.8) is 0 Å². The third kappa shape index (κ3) is 5.24. The van der Waals surface area contributed by atoms with Crippen molar-refractivity contribution >= 4 is 17.2 Å². The molecule has 1 aromatic carbocycles. The Morgan fingerprint density at radius 2 is 1.88 bits per heavy atom. The van der Waals surface area contributed by atoms with Crippen LogP contribution in [-0.2, 0) is 4.74 Å². The Hall–Kier alpha value is -3.67. The molecule has 4 aromatic rings. The molecule has 0 radical (unpaired) electrons. The molecule has 2 fully saturated rings. The van der Waals surface area contributed by atoms with Crippen LogP contribution in [0.25, 0.3) is 16.8 Å². The van der Waals surface area contributed by atoms with Crippen LogP contribution in [-0.4, -0.2) is 56.2 Å². The van der Waals surface area contributed by atoms with Gasteiger partial charge in [0.2, 0.25) is 5.95 Å². The minimum atomic E-state index is -0.761. The molecule has 11 heteroatoms. The highest BCUT2D eigenvalue weighted by atomic mass is 19.1. The van der Waals surface area contributed by atoms with Crippen LogP contribution in [0, 0.1) is 17.6 Å². The predicted molar refractivity (Wildman–Crippen MR) is 145 cm³/mol. The molecule has 1 aliphatic heterocycles. The number of fused-ring (bicyclic) bond motifs is 1. The van der Waals surface area contributed by atoms with Crippen molar-refractivity contribution in [1.29, 1.82) is 0 Å². The zero-order chi connectivity index (χ0) is 27.8. The van der Waals surface area contributed by atoms with Gasteiger partial charge in [0, 0.05) is 37.2 Å². The Balaban J connectivity index is 1.29. The number of aromatic nitrogens is 4. The van der Waals surface area contributed by atoms with Crippen molar-refractivity contribution in [3.05, 3.63) is 66.1 Å². The number of benzene rings is 1. The van der Waals surface area contributed by atoms with Gasteiger partial charge in [-0.2, -0.15) is 9.61 Å². The summed E-state index contributed by atoms with van der Waals surface area (Å²) in [6.07, 6.45) is 7.16. The molecule has 4 N–H and O–H groups in total. The second-order valence-corrected chi connectivity index (χ2v) is 10.7. The summed E-state index contributed by atoms with van der Waals surface area (Å²) in [5.74, 6) is -0.820. The number of anilines is 2. The highest BCUT2D eigenvalue weighted by Crippen LogP contribution is 2.39. The highest BCUT2D eigenvalue weighted by molar-refractivity contribution is 5.66. The fourth-order valence-corrected chi connectivity index (χ4v) is 5.76. The SMILES string of the molecule is C[C@H]1C[C@@H](c2ccncc2Nc2ncc3ccc(-c4c(F)cc(OC5CCOCC5)cc4F)nn23)C[C@@H](N)[C@@H]1O. The quantitative estimate of drug-likeness (QED) is 0.319. The van der Waals surface area contributed by atoms with E-state index >= 15 is 8.78 Å². The van der Waals surface area contributed by atoms with E-state index in [9.17, 15) is 5.11 Å². The van der Waals surface area contributed by atoms with Crippen LogP contribution >= 0.6 is 0 Å². The maximum atomic E-state index is 15.2. The van der Waals surface area contributed by atoms with Gasteiger partial charge in [0.1, 0.15) is 23.5 Å². The van der Waals surface area contributed by atoms with E-state index in [0.29, 0.717) is 43.9 Å². The first-order valence-corrected chi connectivity index (χ1v) is 13.6. The number of hydrogen-bond acceptors (Lipinski definition) is 8. The fourth-order valence-electron chi connectivity index (χ4n) is 5.76. The summed E-state index contributed by atoms with van der Waals surface area (Å²) in [6, 6.07) is 7.28. The molecule has 1 saturated heterocycles. The molecular weight excluding hydrogens is 518 g/mol. The Labute approximate surface area is 230 Å². The monoisotopic (exact) mass is 550 g/mol.